The van der Waals surface area contributed by atoms with Crippen molar-refractivity contribution in [2.45, 2.75) is 32.4 Å². The van der Waals surface area contributed by atoms with E-state index in [0.717, 1.165) is 12.0 Å². The van der Waals surface area contributed by atoms with Gasteiger partial charge in [0.25, 0.3) is 0 Å². The molecule has 128 valence electrons. The van der Waals surface area contributed by atoms with Gasteiger partial charge in [0.15, 0.2) is 0 Å². The summed E-state index contributed by atoms with van der Waals surface area (Å²) in [5.74, 6) is 0.450. The Hall–Kier alpha value is -1.30. The molecule has 0 saturated carbocycles. The fraction of sp³-hybridized carbons (Fsp3) is 0.588. The Labute approximate surface area is 142 Å². The Morgan fingerprint density at radius 1 is 1.43 bits per heavy atom. The molecule has 2 N–H and O–H groups in total. The first-order valence-electron chi connectivity index (χ1n) is 8.03. The molecule has 0 bridgehead atoms. The summed E-state index contributed by atoms with van der Waals surface area (Å²) in [5, 5.41) is 13.0. The van der Waals surface area contributed by atoms with Gasteiger partial charge in [0.1, 0.15) is 0 Å². The maximum atomic E-state index is 12.5. The van der Waals surface area contributed by atoms with Crippen molar-refractivity contribution in [1.29, 1.82) is 0 Å². The molecule has 1 saturated heterocycles. The maximum Gasteiger partial charge on any atom is 0.318 e. The Kier molecular flexibility index (Phi) is 6.69. The number of hydrogen-bond acceptors (Lipinski definition) is 3. The largest absolute Gasteiger partial charge is 0.394 e. The van der Waals surface area contributed by atoms with Crippen LogP contribution in [-0.4, -0.2) is 48.4 Å². The van der Waals surface area contributed by atoms with Crippen LogP contribution in [0.1, 0.15) is 31.9 Å². The first-order valence-corrected chi connectivity index (χ1v) is 8.40. The van der Waals surface area contributed by atoms with Crippen molar-refractivity contribution in [2.24, 2.45) is 5.92 Å². The van der Waals surface area contributed by atoms with Gasteiger partial charge in [0.2, 0.25) is 0 Å². The predicted octanol–water partition coefficient (Wildman–Crippen LogP) is 2.83. The second kappa shape index (κ2) is 8.52. The highest BCUT2D eigenvalue weighted by Gasteiger charge is 2.26. The van der Waals surface area contributed by atoms with Crippen LogP contribution in [0.15, 0.2) is 24.3 Å². The van der Waals surface area contributed by atoms with Crippen LogP contribution >= 0.6 is 11.6 Å². The minimum Gasteiger partial charge on any atom is -0.394 e. The van der Waals surface area contributed by atoms with Crippen molar-refractivity contribution in [3.63, 3.8) is 0 Å². The maximum absolute atomic E-state index is 12.5. The van der Waals surface area contributed by atoms with Crippen molar-refractivity contribution in [2.75, 3.05) is 26.3 Å². The molecule has 5 nitrogen and oxygen atoms in total. The van der Waals surface area contributed by atoms with E-state index < -0.39 is 0 Å². The van der Waals surface area contributed by atoms with E-state index in [1.807, 2.05) is 24.3 Å². The summed E-state index contributed by atoms with van der Waals surface area (Å²) in [4.78, 5) is 14.2. The number of halogens is 1. The molecule has 1 aliphatic heterocycles. The summed E-state index contributed by atoms with van der Waals surface area (Å²) in [7, 11) is 0. The molecule has 2 rings (SSSR count). The van der Waals surface area contributed by atoms with Crippen LogP contribution < -0.4 is 5.32 Å². The lowest BCUT2D eigenvalue weighted by Gasteiger charge is -2.33. The van der Waals surface area contributed by atoms with Crippen LogP contribution in [0, 0.1) is 5.92 Å². The first kappa shape index (κ1) is 18.0. The highest BCUT2D eigenvalue weighted by molar-refractivity contribution is 6.30. The predicted molar refractivity (Wildman–Crippen MR) is 90.6 cm³/mol. The molecule has 1 aromatic rings. The Balaban J connectivity index is 2.04. The molecule has 23 heavy (non-hydrogen) atoms. The number of carbonyl (C=O) groups excluding carboxylic acids is 1. The molecule has 0 aromatic heterocycles. The molecule has 2 unspecified atom stereocenters. The quantitative estimate of drug-likeness (QED) is 0.866. The van der Waals surface area contributed by atoms with Crippen LogP contribution in [0.3, 0.4) is 0 Å². The summed E-state index contributed by atoms with van der Waals surface area (Å²) >= 11 is 5.95. The number of ether oxygens (including phenoxy) is 1. The van der Waals surface area contributed by atoms with E-state index in [-0.39, 0.29) is 24.8 Å². The molecule has 0 aliphatic carbocycles. The molecule has 1 aliphatic rings. The SMILES string of the molecule is CC(C)CC(NC(=O)N1CCOC(CO)C1)c1ccc(Cl)cc1. The topological polar surface area (TPSA) is 61.8 Å². The van der Waals surface area contributed by atoms with E-state index in [0.29, 0.717) is 30.6 Å². The molecule has 0 spiro atoms. The van der Waals surface area contributed by atoms with Crippen LogP contribution in [0.25, 0.3) is 0 Å². The molecule has 6 heteroatoms. The van der Waals surface area contributed by atoms with Crippen LogP contribution in [0.5, 0.6) is 0 Å². The minimum absolute atomic E-state index is 0.0600. The van der Waals surface area contributed by atoms with E-state index in [2.05, 4.69) is 19.2 Å². The van der Waals surface area contributed by atoms with E-state index >= 15 is 0 Å². The second-order valence-electron chi connectivity index (χ2n) is 6.30. The third-order valence-corrected chi connectivity index (χ3v) is 4.16. The third-order valence-electron chi connectivity index (χ3n) is 3.91. The molecule has 1 fully saturated rings. The Bertz CT molecular complexity index is 507. The van der Waals surface area contributed by atoms with Crippen molar-refractivity contribution in [3.05, 3.63) is 34.9 Å². The van der Waals surface area contributed by atoms with Gasteiger partial charge in [-0.15, -0.1) is 0 Å². The summed E-state index contributed by atoms with van der Waals surface area (Å²) in [6.45, 7) is 5.59. The Morgan fingerprint density at radius 2 is 2.13 bits per heavy atom. The summed E-state index contributed by atoms with van der Waals surface area (Å²) in [6.07, 6.45) is 0.551. The fourth-order valence-corrected chi connectivity index (χ4v) is 2.83. The van der Waals surface area contributed by atoms with Crippen molar-refractivity contribution < 1.29 is 14.6 Å². The molecular weight excluding hydrogens is 316 g/mol. The fourth-order valence-electron chi connectivity index (χ4n) is 2.70. The lowest BCUT2D eigenvalue weighted by Crippen LogP contribution is -2.51. The van der Waals surface area contributed by atoms with E-state index in [9.17, 15) is 9.90 Å². The molecule has 2 amide bonds. The normalized spacial score (nSPS) is 19.7. The third kappa shape index (κ3) is 5.37. The zero-order chi connectivity index (χ0) is 16.8. The van der Waals surface area contributed by atoms with Gasteiger partial charge in [0.05, 0.1) is 31.9 Å². The van der Waals surface area contributed by atoms with Gasteiger partial charge in [-0.2, -0.15) is 0 Å². The first-order chi connectivity index (χ1) is 11.0. The number of aliphatic hydroxyl groups is 1. The number of carbonyl (C=O) groups is 1. The van der Waals surface area contributed by atoms with Crippen LogP contribution in [0.2, 0.25) is 5.02 Å². The van der Waals surface area contributed by atoms with Gasteiger partial charge in [-0.1, -0.05) is 37.6 Å². The van der Waals surface area contributed by atoms with E-state index in [1.54, 1.807) is 4.90 Å². The van der Waals surface area contributed by atoms with Crippen LogP contribution in [-0.2, 0) is 4.74 Å². The molecule has 2 atom stereocenters. The standard InChI is InChI=1S/C17H25ClN2O3/c1-12(2)9-16(13-3-5-14(18)6-4-13)19-17(22)20-7-8-23-15(10-20)11-21/h3-6,12,15-16,21H,7-11H2,1-2H3,(H,19,22). The van der Waals surface area contributed by atoms with Crippen LogP contribution in [0.4, 0.5) is 4.79 Å². The minimum atomic E-state index is -0.298. The monoisotopic (exact) mass is 340 g/mol. The second-order valence-corrected chi connectivity index (χ2v) is 6.74. The van der Waals surface area contributed by atoms with Gasteiger partial charge >= 0.3 is 6.03 Å². The zero-order valence-corrected chi connectivity index (χ0v) is 14.4. The molecule has 1 heterocycles. The lowest BCUT2D eigenvalue weighted by molar-refractivity contribution is -0.0405. The summed E-state index contributed by atoms with van der Waals surface area (Å²) in [6, 6.07) is 7.40. The number of hydrogen-bond donors (Lipinski definition) is 2. The smallest absolute Gasteiger partial charge is 0.318 e. The molecular formula is C17H25ClN2O3. The van der Waals surface area contributed by atoms with Gasteiger partial charge < -0.3 is 20.1 Å². The average Bonchev–Trinajstić information content (AvgIpc) is 2.54. The highest BCUT2D eigenvalue weighted by Crippen LogP contribution is 2.23. The summed E-state index contributed by atoms with van der Waals surface area (Å²) < 4.78 is 5.39. The number of urea groups is 1. The molecule has 0 radical (unpaired) electrons. The average molecular weight is 341 g/mol. The number of benzene rings is 1. The Morgan fingerprint density at radius 3 is 2.74 bits per heavy atom. The van der Waals surface area contributed by atoms with Crippen molar-refractivity contribution in [1.82, 2.24) is 10.2 Å². The zero-order valence-electron chi connectivity index (χ0n) is 13.7. The number of amides is 2. The van der Waals surface area contributed by atoms with Gasteiger partial charge in [-0.05, 0) is 30.0 Å². The van der Waals surface area contributed by atoms with Crippen molar-refractivity contribution >= 4 is 17.6 Å². The summed E-state index contributed by atoms with van der Waals surface area (Å²) in [5.41, 5.74) is 1.04. The van der Waals surface area contributed by atoms with Gasteiger partial charge in [-0.3, -0.25) is 0 Å². The van der Waals surface area contributed by atoms with E-state index in [1.165, 1.54) is 0 Å². The van der Waals surface area contributed by atoms with E-state index in [4.69, 9.17) is 16.3 Å². The highest BCUT2D eigenvalue weighted by atomic mass is 35.5. The lowest BCUT2D eigenvalue weighted by atomic mass is 9.97. The number of morpholine rings is 1. The van der Waals surface area contributed by atoms with Gasteiger partial charge in [0, 0.05) is 11.6 Å². The number of rotatable bonds is 5. The number of nitrogens with zero attached hydrogens (tertiary/aromatic N) is 1. The number of aliphatic hydroxyl groups excluding tert-OH is 1. The van der Waals surface area contributed by atoms with Crippen molar-refractivity contribution in [3.8, 4) is 0 Å². The number of nitrogens with one attached hydrogen (secondary N) is 1. The molecule has 1 aromatic carbocycles. The van der Waals surface area contributed by atoms with Gasteiger partial charge in [-0.25, -0.2) is 4.79 Å².